The molecule has 17 heavy (non-hydrogen) atoms. The molecule has 2 aliphatic carbocycles. The predicted molar refractivity (Wildman–Crippen MR) is 68.4 cm³/mol. The molecule has 1 aromatic rings. The van der Waals surface area contributed by atoms with Crippen LogP contribution in [0.2, 0.25) is 0 Å². The van der Waals surface area contributed by atoms with Crippen LogP contribution < -0.4 is 5.73 Å². The van der Waals surface area contributed by atoms with Crippen molar-refractivity contribution in [2.75, 3.05) is 0 Å². The second kappa shape index (κ2) is 3.73. The highest BCUT2D eigenvalue weighted by molar-refractivity contribution is 5.96. The number of carbonyl (C=O) groups excluding carboxylic acids is 1. The fraction of sp³-hybridized carbons (Fsp3) is 0.400. The number of allylic oxidation sites excluding steroid dienone is 1. The summed E-state index contributed by atoms with van der Waals surface area (Å²) in [6.07, 6.45) is 7.72. The maximum Gasteiger partial charge on any atom is 0.241 e. The van der Waals surface area contributed by atoms with Crippen LogP contribution >= 0.6 is 0 Å². The first kappa shape index (κ1) is 10.6. The van der Waals surface area contributed by atoms with Crippen molar-refractivity contribution < 1.29 is 4.79 Å². The van der Waals surface area contributed by atoms with Crippen LogP contribution in [0, 0.1) is 0 Å². The quantitative estimate of drug-likeness (QED) is 0.736. The molecule has 0 heterocycles. The Morgan fingerprint density at radius 3 is 2.65 bits per heavy atom. The van der Waals surface area contributed by atoms with Crippen molar-refractivity contribution >= 4 is 11.5 Å². The van der Waals surface area contributed by atoms with E-state index in [2.05, 4.69) is 18.2 Å². The fourth-order valence-corrected chi connectivity index (χ4v) is 3.58. The Labute approximate surface area is 102 Å². The van der Waals surface area contributed by atoms with Crippen LogP contribution in [0.1, 0.15) is 43.2 Å². The normalized spacial score (nSPS) is 23.2. The molecule has 2 N–H and O–H groups in total. The average Bonchev–Trinajstić information content (AvgIpc) is 2.88. The summed E-state index contributed by atoms with van der Waals surface area (Å²) in [5.74, 6) is -0.329. The summed E-state index contributed by atoms with van der Waals surface area (Å²) >= 11 is 0. The smallest absolute Gasteiger partial charge is 0.241 e. The lowest BCUT2D eigenvalue weighted by Gasteiger charge is -2.23. The van der Waals surface area contributed by atoms with E-state index in [9.17, 15) is 4.79 Å². The number of primary amides is 1. The predicted octanol–water partition coefficient (Wildman–Crippen LogP) is 2.77. The minimum absolute atomic E-state index is 0.303. The maximum atomic E-state index is 11.1. The number of carbonyl (C=O) groups is 1. The van der Waals surface area contributed by atoms with Crippen LogP contribution in [-0.2, 0) is 10.2 Å². The number of benzene rings is 1. The van der Waals surface area contributed by atoms with Crippen LogP contribution in [0.3, 0.4) is 0 Å². The van der Waals surface area contributed by atoms with Crippen molar-refractivity contribution in [2.45, 2.75) is 37.5 Å². The molecule has 2 heteroatoms. The molecule has 1 fully saturated rings. The third-order valence-electron chi connectivity index (χ3n) is 4.25. The third kappa shape index (κ3) is 1.59. The zero-order valence-corrected chi connectivity index (χ0v) is 9.91. The molecule has 1 spiro atoms. The van der Waals surface area contributed by atoms with Gasteiger partial charge in [0.15, 0.2) is 0 Å². The molecule has 2 nitrogen and oxygen atoms in total. The lowest BCUT2D eigenvalue weighted by molar-refractivity contribution is -0.113. The molecule has 0 radical (unpaired) electrons. The van der Waals surface area contributed by atoms with Gasteiger partial charge in [-0.05, 0) is 41.4 Å². The molecule has 0 aromatic heterocycles. The fourth-order valence-electron chi connectivity index (χ4n) is 3.58. The SMILES string of the molecule is NC(=O)C=C1CC2(CCCC2)c2ccccc21. The van der Waals surface area contributed by atoms with E-state index in [1.807, 2.05) is 6.07 Å². The van der Waals surface area contributed by atoms with Crippen molar-refractivity contribution in [3.8, 4) is 0 Å². The molecule has 1 aromatic carbocycles. The number of rotatable bonds is 1. The number of amides is 1. The molecule has 0 bridgehead atoms. The van der Waals surface area contributed by atoms with Crippen molar-refractivity contribution in [2.24, 2.45) is 5.73 Å². The van der Waals surface area contributed by atoms with Gasteiger partial charge >= 0.3 is 0 Å². The maximum absolute atomic E-state index is 11.1. The molecule has 2 aliphatic rings. The molecule has 3 rings (SSSR count). The first-order valence-corrected chi connectivity index (χ1v) is 6.31. The highest BCUT2D eigenvalue weighted by atomic mass is 16.1. The first-order valence-electron chi connectivity index (χ1n) is 6.31. The Kier molecular flexibility index (Phi) is 2.32. The Hall–Kier alpha value is -1.57. The topological polar surface area (TPSA) is 43.1 Å². The second-order valence-corrected chi connectivity index (χ2v) is 5.28. The van der Waals surface area contributed by atoms with E-state index in [1.54, 1.807) is 6.08 Å². The van der Waals surface area contributed by atoms with Gasteiger partial charge in [0.2, 0.25) is 5.91 Å². The number of fused-ring (bicyclic) bond motifs is 2. The van der Waals surface area contributed by atoms with Crippen molar-refractivity contribution in [3.05, 3.63) is 41.5 Å². The van der Waals surface area contributed by atoms with Gasteiger partial charge in [0, 0.05) is 6.08 Å². The Balaban J connectivity index is 2.13. The monoisotopic (exact) mass is 227 g/mol. The minimum atomic E-state index is -0.329. The molecule has 88 valence electrons. The highest BCUT2D eigenvalue weighted by Crippen LogP contribution is 2.54. The Morgan fingerprint density at radius 2 is 1.94 bits per heavy atom. The van der Waals surface area contributed by atoms with Gasteiger partial charge in [-0.15, -0.1) is 0 Å². The number of hydrogen-bond acceptors (Lipinski definition) is 1. The summed E-state index contributed by atoms with van der Waals surface area (Å²) in [5.41, 5.74) is 9.42. The Bertz CT molecular complexity index is 495. The summed E-state index contributed by atoms with van der Waals surface area (Å²) in [6.45, 7) is 0. The van der Waals surface area contributed by atoms with Crippen molar-refractivity contribution in [3.63, 3.8) is 0 Å². The van der Waals surface area contributed by atoms with Gasteiger partial charge in [0.05, 0.1) is 0 Å². The van der Waals surface area contributed by atoms with E-state index in [4.69, 9.17) is 5.73 Å². The number of nitrogens with two attached hydrogens (primary N) is 1. The van der Waals surface area contributed by atoms with Crippen LogP contribution in [0.4, 0.5) is 0 Å². The van der Waals surface area contributed by atoms with E-state index in [0.717, 1.165) is 12.0 Å². The molecule has 0 aliphatic heterocycles. The van der Waals surface area contributed by atoms with Gasteiger partial charge < -0.3 is 5.73 Å². The molecule has 0 unspecified atom stereocenters. The molecule has 0 atom stereocenters. The van der Waals surface area contributed by atoms with Gasteiger partial charge in [-0.25, -0.2) is 0 Å². The van der Waals surface area contributed by atoms with E-state index in [-0.39, 0.29) is 5.91 Å². The van der Waals surface area contributed by atoms with E-state index in [1.165, 1.54) is 36.8 Å². The Morgan fingerprint density at radius 1 is 1.24 bits per heavy atom. The average molecular weight is 227 g/mol. The van der Waals surface area contributed by atoms with Gasteiger partial charge in [-0.1, -0.05) is 37.1 Å². The van der Waals surface area contributed by atoms with Crippen molar-refractivity contribution in [1.29, 1.82) is 0 Å². The van der Waals surface area contributed by atoms with Gasteiger partial charge in [0.25, 0.3) is 0 Å². The molecular weight excluding hydrogens is 210 g/mol. The standard InChI is InChI=1S/C15H17NO/c16-14(17)9-11-10-15(7-3-4-8-15)13-6-2-1-5-12(11)13/h1-2,5-6,9H,3-4,7-8,10H2,(H2,16,17). The summed E-state index contributed by atoms with van der Waals surface area (Å²) < 4.78 is 0. The van der Waals surface area contributed by atoms with Crippen LogP contribution in [-0.4, -0.2) is 5.91 Å². The van der Waals surface area contributed by atoms with E-state index < -0.39 is 0 Å². The summed E-state index contributed by atoms with van der Waals surface area (Å²) in [5, 5.41) is 0. The van der Waals surface area contributed by atoms with Crippen LogP contribution in [0.25, 0.3) is 5.57 Å². The molecule has 0 saturated heterocycles. The second-order valence-electron chi connectivity index (χ2n) is 5.28. The molecule has 1 saturated carbocycles. The van der Waals surface area contributed by atoms with Crippen molar-refractivity contribution in [1.82, 2.24) is 0 Å². The molecular formula is C15H17NO. The largest absolute Gasteiger partial charge is 0.366 e. The van der Waals surface area contributed by atoms with Crippen LogP contribution in [0.15, 0.2) is 30.3 Å². The lowest BCUT2D eigenvalue weighted by Crippen LogP contribution is -2.17. The first-order chi connectivity index (χ1) is 8.21. The summed E-state index contributed by atoms with van der Waals surface area (Å²) in [4.78, 5) is 11.1. The lowest BCUT2D eigenvalue weighted by atomic mass is 9.80. The summed E-state index contributed by atoms with van der Waals surface area (Å²) in [7, 11) is 0. The van der Waals surface area contributed by atoms with Crippen LogP contribution in [0.5, 0.6) is 0 Å². The van der Waals surface area contributed by atoms with E-state index in [0.29, 0.717) is 5.41 Å². The van der Waals surface area contributed by atoms with Gasteiger partial charge in [-0.2, -0.15) is 0 Å². The van der Waals surface area contributed by atoms with E-state index >= 15 is 0 Å². The minimum Gasteiger partial charge on any atom is -0.366 e. The zero-order chi connectivity index (χ0) is 11.9. The highest BCUT2D eigenvalue weighted by Gasteiger charge is 2.42. The third-order valence-corrected chi connectivity index (χ3v) is 4.25. The zero-order valence-electron chi connectivity index (χ0n) is 9.91. The summed E-state index contributed by atoms with van der Waals surface area (Å²) in [6, 6.07) is 8.49. The van der Waals surface area contributed by atoms with Gasteiger partial charge in [-0.3, -0.25) is 4.79 Å². The molecule has 1 amide bonds. The number of hydrogen-bond donors (Lipinski definition) is 1. The van der Waals surface area contributed by atoms with Gasteiger partial charge in [0.1, 0.15) is 0 Å².